The Morgan fingerprint density at radius 3 is 2.58 bits per heavy atom. The Kier molecular flexibility index (Phi) is 6.22. The van der Waals surface area contributed by atoms with Gasteiger partial charge < -0.3 is 4.90 Å². The van der Waals surface area contributed by atoms with Crippen LogP contribution in [0.3, 0.4) is 0 Å². The Bertz CT molecular complexity index is 435. The Balaban J connectivity index is 2.92. The average Bonchev–Trinajstić information content (AvgIpc) is 2.42. The minimum absolute atomic E-state index is 0.0504. The predicted molar refractivity (Wildman–Crippen MR) is 74.9 cm³/mol. The molecule has 0 atom stereocenters. The number of rotatable bonds is 6. The van der Waals surface area contributed by atoms with E-state index in [0.29, 0.717) is 19.0 Å². The van der Waals surface area contributed by atoms with Crippen molar-refractivity contribution in [3.63, 3.8) is 0 Å². The summed E-state index contributed by atoms with van der Waals surface area (Å²) in [5.41, 5.74) is 0.134. The van der Waals surface area contributed by atoms with Gasteiger partial charge in [0.15, 0.2) is 0 Å². The average molecular weight is 287 g/mol. The smallest absolute Gasteiger partial charge is 0.257 e. The van der Waals surface area contributed by atoms with Crippen LogP contribution in [0.15, 0.2) is 12.3 Å². The molecule has 19 heavy (non-hydrogen) atoms. The molecule has 0 radical (unpaired) electrons. The van der Waals surface area contributed by atoms with Crippen LogP contribution in [0.4, 0.5) is 4.39 Å². The largest absolute Gasteiger partial charge is 0.339 e. The molecule has 0 saturated heterocycles. The molecule has 0 aromatic carbocycles. The Morgan fingerprint density at radius 2 is 2.05 bits per heavy atom. The second-order valence-electron chi connectivity index (χ2n) is 4.52. The molecule has 0 bridgehead atoms. The minimum Gasteiger partial charge on any atom is -0.339 e. The maximum Gasteiger partial charge on any atom is 0.257 e. The number of nitrogens with zero attached hydrogens (tertiary/aromatic N) is 2. The predicted octanol–water partition coefficient (Wildman–Crippen LogP) is 3.77. The monoisotopic (exact) mass is 286 g/mol. The van der Waals surface area contributed by atoms with E-state index in [1.54, 1.807) is 4.90 Å². The highest BCUT2D eigenvalue weighted by Gasteiger charge is 2.20. The van der Waals surface area contributed by atoms with Gasteiger partial charge >= 0.3 is 0 Å². The number of carbonyl (C=O) groups excluding carboxylic acids is 1. The summed E-state index contributed by atoms with van der Waals surface area (Å²) in [7, 11) is 0. The molecule has 0 unspecified atom stereocenters. The zero-order valence-electron chi connectivity index (χ0n) is 11.6. The standard InChI is InChI=1S/C14H20ClFN2O/c1-4-10(5-2)9-18(6-3)14(19)12-7-11(16)8-17-13(12)15/h7-8,10H,4-6,9H2,1-3H3. The van der Waals surface area contributed by atoms with Crippen molar-refractivity contribution in [2.45, 2.75) is 33.6 Å². The zero-order valence-corrected chi connectivity index (χ0v) is 12.4. The zero-order chi connectivity index (χ0) is 14.4. The molecule has 0 fully saturated rings. The fourth-order valence-corrected chi connectivity index (χ4v) is 2.14. The lowest BCUT2D eigenvalue weighted by Gasteiger charge is -2.25. The number of hydrogen-bond donors (Lipinski definition) is 0. The summed E-state index contributed by atoms with van der Waals surface area (Å²) < 4.78 is 13.2. The summed E-state index contributed by atoms with van der Waals surface area (Å²) in [5, 5.41) is 0.0504. The van der Waals surface area contributed by atoms with Crippen molar-refractivity contribution in [3.05, 3.63) is 28.8 Å². The molecule has 1 amide bonds. The molecule has 0 saturated carbocycles. The van der Waals surface area contributed by atoms with Crippen LogP contribution in [-0.4, -0.2) is 28.9 Å². The van der Waals surface area contributed by atoms with Crippen LogP contribution in [0.1, 0.15) is 44.0 Å². The second-order valence-corrected chi connectivity index (χ2v) is 4.88. The van der Waals surface area contributed by atoms with Gasteiger partial charge in [-0.1, -0.05) is 38.3 Å². The van der Waals surface area contributed by atoms with Crippen LogP contribution in [-0.2, 0) is 0 Å². The molecule has 1 aromatic heterocycles. The normalized spacial score (nSPS) is 10.8. The maximum atomic E-state index is 13.2. The Labute approximate surface area is 118 Å². The van der Waals surface area contributed by atoms with E-state index in [-0.39, 0.29) is 16.6 Å². The lowest BCUT2D eigenvalue weighted by molar-refractivity contribution is 0.0734. The van der Waals surface area contributed by atoms with Gasteiger partial charge in [-0.3, -0.25) is 4.79 Å². The highest BCUT2D eigenvalue weighted by molar-refractivity contribution is 6.32. The number of pyridine rings is 1. The third-order valence-corrected chi connectivity index (χ3v) is 3.64. The number of halogens is 2. The van der Waals surface area contributed by atoms with E-state index >= 15 is 0 Å². The van der Waals surface area contributed by atoms with E-state index in [9.17, 15) is 9.18 Å². The van der Waals surface area contributed by atoms with E-state index < -0.39 is 5.82 Å². The number of aromatic nitrogens is 1. The van der Waals surface area contributed by atoms with Gasteiger partial charge in [0.25, 0.3) is 5.91 Å². The van der Waals surface area contributed by atoms with Crippen LogP contribution < -0.4 is 0 Å². The Morgan fingerprint density at radius 1 is 1.42 bits per heavy atom. The second kappa shape index (κ2) is 7.43. The van der Waals surface area contributed by atoms with Crippen molar-refractivity contribution in [2.75, 3.05) is 13.1 Å². The summed E-state index contributed by atoms with van der Waals surface area (Å²) in [5.74, 6) is -0.359. The number of carbonyl (C=O) groups is 1. The van der Waals surface area contributed by atoms with Crippen LogP contribution in [0.2, 0.25) is 5.15 Å². The molecular weight excluding hydrogens is 267 g/mol. The minimum atomic E-state index is -0.550. The van der Waals surface area contributed by atoms with Gasteiger partial charge in [-0.15, -0.1) is 0 Å². The molecule has 0 aliphatic carbocycles. The lowest BCUT2D eigenvalue weighted by atomic mass is 10.0. The molecule has 5 heteroatoms. The van der Waals surface area contributed by atoms with E-state index in [4.69, 9.17) is 11.6 Å². The topological polar surface area (TPSA) is 33.2 Å². The molecule has 0 spiro atoms. The number of hydrogen-bond acceptors (Lipinski definition) is 2. The van der Waals surface area contributed by atoms with E-state index in [1.807, 2.05) is 6.92 Å². The summed E-state index contributed by atoms with van der Waals surface area (Å²) in [6.45, 7) is 7.34. The number of amides is 1. The first-order valence-electron chi connectivity index (χ1n) is 6.63. The van der Waals surface area contributed by atoms with Gasteiger partial charge in [0.1, 0.15) is 11.0 Å². The van der Waals surface area contributed by atoms with E-state index in [1.165, 1.54) is 0 Å². The molecule has 106 valence electrons. The quantitative estimate of drug-likeness (QED) is 0.746. The van der Waals surface area contributed by atoms with Crippen LogP contribution >= 0.6 is 11.6 Å². The van der Waals surface area contributed by atoms with Gasteiger partial charge in [0.2, 0.25) is 0 Å². The Hall–Kier alpha value is -1.16. The molecule has 0 aliphatic rings. The van der Waals surface area contributed by atoms with Crippen LogP contribution in [0.25, 0.3) is 0 Å². The summed E-state index contributed by atoms with van der Waals surface area (Å²) in [6, 6.07) is 1.15. The van der Waals surface area contributed by atoms with E-state index in [2.05, 4.69) is 18.8 Å². The van der Waals surface area contributed by atoms with Gasteiger partial charge in [0.05, 0.1) is 11.8 Å². The van der Waals surface area contributed by atoms with Crippen molar-refractivity contribution in [1.82, 2.24) is 9.88 Å². The van der Waals surface area contributed by atoms with Crippen molar-refractivity contribution >= 4 is 17.5 Å². The molecule has 1 heterocycles. The highest BCUT2D eigenvalue weighted by Crippen LogP contribution is 2.18. The lowest BCUT2D eigenvalue weighted by Crippen LogP contribution is -2.35. The molecule has 1 rings (SSSR count). The van der Waals surface area contributed by atoms with Gasteiger partial charge in [-0.25, -0.2) is 9.37 Å². The first kappa shape index (κ1) is 15.9. The third-order valence-electron chi connectivity index (χ3n) is 3.34. The molecular formula is C14H20ClFN2O. The first-order valence-corrected chi connectivity index (χ1v) is 7.01. The fraction of sp³-hybridized carbons (Fsp3) is 0.571. The van der Waals surface area contributed by atoms with Crippen molar-refractivity contribution in [3.8, 4) is 0 Å². The molecule has 0 N–H and O–H groups in total. The van der Waals surface area contributed by atoms with Crippen molar-refractivity contribution in [2.24, 2.45) is 5.92 Å². The third kappa shape index (κ3) is 4.16. The van der Waals surface area contributed by atoms with E-state index in [0.717, 1.165) is 25.1 Å². The SMILES string of the molecule is CCC(CC)CN(CC)C(=O)c1cc(F)cnc1Cl. The first-order chi connectivity index (χ1) is 9.03. The molecule has 3 nitrogen and oxygen atoms in total. The van der Waals surface area contributed by atoms with Crippen LogP contribution in [0.5, 0.6) is 0 Å². The maximum absolute atomic E-state index is 13.2. The van der Waals surface area contributed by atoms with Crippen LogP contribution in [0, 0.1) is 11.7 Å². The van der Waals surface area contributed by atoms with Gasteiger partial charge in [-0.05, 0) is 18.9 Å². The van der Waals surface area contributed by atoms with Gasteiger partial charge in [-0.2, -0.15) is 0 Å². The van der Waals surface area contributed by atoms with Crippen molar-refractivity contribution in [1.29, 1.82) is 0 Å². The van der Waals surface area contributed by atoms with Gasteiger partial charge in [0, 0.05) is 13.1 Å². The summed E-state index contributed by atoms with van der Waals surface area (Å²) in [4.78, 5) is 17.7. The molecule has 1 aromatic rings. The molecule has 0 aliphatic heterocycles. The summed E-state index contributed by atoms with van der Waals surface area (Å²) in [6.07, 6.45) is 3.03. The van der Waals surface area contributed by atoms with Crippen molar-refractivity contribution < 1.29 is 9.18 Å². The fourth-order valence-electron chi connectivity index (χ4n) is 1.96. The highest BCUT2D eigenvalue weighted by atomic mass is 35.5. The summed E-state index contributed by atoms with van der Waals surface area (Å²) >= 11 is 5.87.